The van der Waals surface area contributed by atoms with Crippen LogP contribution >= 0.6 is 11.6 Å². The molecule has 1 aliphatic heterocycles. The van der Waals surface area contributed by atoms with Crippen LogP contribution < -0.4 is 0 Å². The number of benzene rings is 1. The molecule has 1 aromatic heterocycles. The van der Waals surface area contributed by atoms with Crippen molar-refractivity contribution in [3.05, 3.63) is 52.9 Å². The molecular formula is C18H16ClN3O3. The molecule has 1 aromatic carbocycles. The van der Waals surface area contributed by atoms with E-state index in [1.165, 1.54) is 0 Å². The van der Waals surface area contributed by atoms with Gasteiger partial charge in [-0.2, -0.15) is 0 Å². The van der Waals surface area contributed by atoms with Crippen molar-refractivity contribution < 1.29 is 14.3 Å². The Morgan fingerprint density at radius 2 is 2.00 bits per heavy atom. The summed E-state index contributed by atoms with van der Waals surface area (Å²) in [5.74, 6) is 0.207. The minimum Gasteiger partial charge on any atom is -0.487 e. The van der Waals surface area contributed by atoms with Crippen LogP contribution in [0, 0.1) is 0 Å². The first-order chi connectivity index (χ1) is 12.2. The van der Waals surface area contributed by atoms with Gasteiger partial charge in [-0.05, 0) is 12.8 Å². The van der Waals surface area contributed by atoms with Crippen LogP contribution in [0.1, 0.15) is 34.5 Å². The molecule has 0 saturated carbocycles. The van der Waals surface area contributed by atoms with Gasteiger partial charge >= 0.3 is 0 Å². The average molecular weight is 358 g/mol. The van der Waals surface area contributed by atoms with E-state index in [2.05, 4.69) is 10.3 Å². The molecule has 0 spiro atoms. The molecule has 0 saturated heterocycles. The zero-order chi connectivity index (χ0) is 17.4. The molecule has 0 radical (unpaired) electrons. The van der Waals surface area contributed by atoms with Gasteiger partial charge in [0.25, 0.3) is 0 Å². The predicted octanol–water partition coefficient (Wildman–Crippen LogP) is 2.42. The fourth-order valence-corrected chi connectivity index (χ4v) is 3.39. The predicted molar refractivity (Wildman–Crippen MR) is 91.3 cm³/mol. The number of hydrogen-bond donors (Lipinski definition) is 0. The highest BCUT2D eigenvalue weighted by molar-refractivity contribution is 6.52. The second-order valence-electron chi connectivity index (χ2n) is 6.18. The Morgan fingerprint density at radius 1 is 1.20 bits per heavy atom. The third-order valence-corrected chi connectivity index (χ3v) is 4.70. The number of hydrogen-bond acceptors (Lipinski definition) is 5. The van der Waals surface area contributed by atoms with Gasteiger partial charge in [0, 0.05) is 29.6 Å². The minimum atomic E-state index is -0.461. The topological polar surface area (TPSA) is 74.1 Å². The Hall–Kier alpha value is -2.47. The van der Waals surface area contributed by atoms with Gasteiger partial charge in [-0.25, -0.2) is 4.68 Å². The first-order valence-corrected chi connectivity index (χ1v) is 8.74. The Morgan fingerprint density at radius 3 is 2.80 bits per heavy atom. The average Bonchev–Trinajstić information content (AvgIpc) is 3.25. The molecule has 6 nitrogen and oxygen atoms in total. The van der Waals surface area contributed by atoms with Gasteiger partial charge in [0.1, 0.15) is 11.9 Å². The van der Waals surface area contributed by atoms with Crippen molar-refractivity contribution in [2.24, 2.45) is 0 Å². The van der Waals surface area contributed by atoms with Gasteiger partial charge in [0.2, 0.25) is 11.6 Å². The van der Waals surface area contributed by atoms with E-state index in [1.54, 1.807) is 16.8 Å². The lowest BCUT2D eigenvalue weighted by Crippen LogP contribution is -2.22. The summed E-state index contributed by atoms with van der Waals surface area (Å²) in [5, 5.41) is 8.21. The Balaban J connectivity index is 1.52. The molecule has 4 rings (SSSR count). The summed E-state index contributed by atoms with van der Waals surface area (Å²) in [6, 6.07) is 7.07. The summed E-state index contributed by atoms with van der Waals surface area (Å²) in [5.41, 5.74) is 2.46. The minimum absolute atomic E-state index is 0.240. The van der Waals surface area contributed by atoms with E-state index in [1.807, 2.05) is 18.3 Å². The number of nitrogens with zero attached hydrogens (tertiary/aromatic N) is 3. The van der Waals surface area contributed by atoms with Crippen molar-refractivity contribution in [3.8, 4) is 0 Å². The number of ketones is 2. The fourth-order valence-electron chi connectivity index (χ4n) is 3.26. The van der Waals surface area contributed by atoms with Crippen molar-refractivity contribution in [1.29, 1.82) is 0 Å². The maximum atomic E-state index is 12.4. The fraction of sp³-hybridized carbons (Fsp3) is 0.333. The van der Waals surface area contributed by atoms with E-state index in [0.717, 1.165) is 18.5 Å². The highest BCUT2D eigenvalue weighted by atomic mass is 35.5. The number of alkyl halides is 1. The van der Waals surface area contributed by atoms with Crippen LogP contribution in [-0.2, 0) is 22.5 Å². The van der Waals surface area contributed by atoms with Crippen LogP contribution in [0.4, 0.5) is 0 Å². The molecule has 2 heterocycles. The Bertz CT molecular complexity index is 887. The molecule has 0 N–H and O–H groups in total. The summed E-state index contributed by atoms with van der Waals surface area (Å²) < 4.78 is 7.71. The van der Waals surface area contributed by atoms with Crippen LogP contribution in [0.5, 0.6) is 0 Å². The lowest BCUT2D eigenvalue weighted by atomic mass is 9.88. The molecule has 2 aromatic rings. The van der Waals surface area contributed by atoms with Gasteiger partial charge in [0.15, 0.2) is 0 Å². The summed E-state index contributed by atoms with van der Waals surface area (Å²) in [6.07, 6.45) is 3.67. The molecule has 0 bridgehead atoms. The molecule has 1 unspecified atom stereocenters. The Labute approximate surface area is 149 Å². The number of Topliss-reactive ketones (excluding diaryl/α,β-unsaturated/α-hetero) is 2. The lowest BCUT2D eigenvalue weighted by molar-refractivity contribution is -0.112. The van der Waals surface area contributed by atoms with E-state index in [9.17, 15) is 9.59 Å². The van der Waals surface area contributed by atoms with Crippen LogP contribution in [0.2, 0.25) is 0 Å². The maximum absolute atomic E-state index is 12.4. The molecule has 128 valence electrons. The lowest BCUT2D eigenvalue weighted by Gasteiger charge is -2.16. The summed E-state index contributed by atoms with van der Waals surface area (Å²) in [4.78, 5) is 24.6. The van der Waals surface area contributed by atoms with E-state index < -0.39 is 11.6 Å². The quantitative estimate of drug-likeness (QED) is 0.607. The smallest absolute Gasteiger partial charge is 0.234 e. The molecule has 7 heteroatoms. The number of carbonyl (C=O) groups excluding carboxylic acids is 2. The van der Waals surface area contributed by atoms with Crippen LogP contribution in [0.25, 0.3) is 5.76 Å². The highest BCUT2D eigenvalue weighted by Crippen LogP contribution is 2.39. The van der Waals surface area contributed by atoms with Crippen molar-refractivity contribution in [3.63, 3.8) is 0 Å². The van der Waals surface area contributed by atoms with Crippen molar-refractivity contribution in [1.82, 2.24) is 15.0 Å². The first-order valence-electron chi connectivity index (χ1n) is 8.20. The number of halogens is 1. The third-order valence-electron chi connectivity index (χ3n) is 4.43. The first kappa shape index (κ1) is 16.0. The second kappa shape index (κ2) is 6.44. The van der Waals surface area contributed by atoms with Gasteiger partial charge < -0.3 is 4.74 Å². The van der Waals surface area contributed by atoms with E-state index in [-0.39, 0.29) is 6.10 Å². The van der Waals surface area contributed by atoms with Crippen LogP contribution in [0.15, 0.2) is 36.0 Å². The summed E-state index contributed by atoms with van der Waals surface area (Å²) in [7, 11) is 0. The summed E-state index contributed by atoms with van der Waals surface area (Å²) in [6.45, 7) is 0.477. The molecule has 0 amide bonds. The van der Waals surface area contributed by atoms with E-state index in [0.29, 0.717) is 41.3 Å². The van der Waals surface area contributed by atoms with E-state index >= 15 is 0 Å². The van der Waals surface area contributed by atoms with Crippen LogP contribution in [0.3, 0.4) is 0 Å². The molecule has 0 fully saturated rings. The number of aromatic nitrogens is 3. The van der Waals surface area contributed by atoms with Crippen molar-refractivity contribution in [2.75, 3.05) is 5.88 Å². The van der Waals surface area contributed by atoms with E-state index in [4.69, 9.17) is 16.3 Å². The normalized spacial score (nSPS) is 19.0. The second-order valence-corrected chi connectivity index (χ2v) is 6.56. The third kappa shape index (κ3) is 2.87. The van der Waals surface area contributed by atoms with Gasteiger partial charge in [-0.1, -0.05) is 29.5 Å². The van der Waals surface area contributed by atoms with Gasteiger partial charge in [0.05, 0.1) is 17.8 Å². The van der Waals surface area contributed by atoms with Crippen molar-refractivity contribution in [2.45, 2.75) is 31.9 Å². The standard InChI is InChI=1S/C18H16ClN3O3/c19-7-3-4-11-9-22(21-20-11)10-12-8-15-17(24)16(23)13-5-1-2-6-14(13)18(15)25-12/h1-2,5-6,9,12H,3-4,7-8,10H2. The SMILES string of the molecule is O=C1C(=O)c2ccccc2C2=C1CC(Cn1cc(CCCCl)nn1)O2. The number of fused-ring (bicyclic) bond motifs is 2. The maximum Gasteiger partial charge on any atom is 0.234 e. The number of aryl methyl sites for hydroxylation is 1. The molecule has 25 heavy (non-hydrogen) atoms. The largest absolute Gasteiger partial charge is 0.487 e. The zero-order valence-electron chi connectivity index (χ0n) is 13.4. The summed E-state index contributed by atoms with van der Waals surface area (Å²) >= 11 is 5.69. The van der Waals surface area contributed by atoms with Gasteiger partial charge in [-0.3, -0.25) is 9.59 Å². The molecule has 1 aliphatic carbocycles. The molecule has 2 aliphatic rings. The molecule has 1 atom stereocenters. The monoisotopic (exact) mass is 357 g/mol. The Kier molecular flexibility index (Phi) is 4.13. The number of rotatable bonds is 5. The molecular weight excluding hydrogens is 342 g/mol. The highest BCUT2D eigenvalue weighted by Gasteiger charge is 2.40. The zero-order valence-corrected chi connectivity index (χ0v) is 14.2. The van der Waals surface area contributed by atoms with Gasteiger partial charge in [-0.15, -0.1) is 16.7 Å². The number of carbonyl (C=O) groups is 2. The number of ether oxygens (including phenoxy) is 1. The van der Waals surface area contributed by atoms with Crippen LogP contribution in [-0.4, -0.2) is 38.5 Å². The van der Waals surface area contributed by atoms with Crippen molar-refractivity contribution >= 4 is 28.9 Å².